The minimum absolute atomic E-state index is 0.0598. The first-order valence-electron chi connectivity index (χ1n) is 12.1. The molecule has 186 valence electrons. The van der Waals surface area contributed by atoms with Gasteiger partial charge in [-0.25, -0.2) is 0 Å². The second-order valence-electron chi connectivity index (χ2n) is 9.12. The molecular weight excluding hydrogens is 480 g/mol. The number of anilines is 1. The van der Waals surface area contributed by atoms with Crippen LogP contribution in [0.15, 0.2) is 60.9 Å². The molecule has 1 unspecified atom stereocenters. The average Bonchev–Trinajstić information content (AvgIpc) is 3.60. The summed E-state index contributed by atoms with van der Waals surface area (Å²) in [4.78, 5) is 45.4. The van der Waals surface area contributed by atoms with Crippen molar-refractivity contribution in [2.45, 2.75) is 43.9 Å². The summed E-state index contributed by atoms with van der Waals surface area (Å²) in [7, 11) is 0. The number of nitrogens with zero attached hydrogens (tertiary/aromatic N) is 2. The predicted octanol–water partition coefficient (Wildman–Crippen LogP) is 3.85. The monoisotopic (exact) mass is 506 g/mol. The van der Waals surface area contributed by atoms with Crippen LogP contribution in [-0.4, -0.2) is 52.9 Å². The second-order valence-corrected chi connectivity index (χ2v) is 9.55. The van der Waals surface area contributed by atoms with Gasteiger partial charge in [0.05, 0.1) is 11.9 Å². The molecule has 3 aromatic rings. The van der Waals surface area contributed by atoms with Gasteiger partial charge in [0.1, 0.15) is 18.2 Å². The molecule has 2 aliphatic heterocycles. The molecule has 36 heavy (non-hydrogen) atoms. The van der Waals surface area contributed by atoms with E-state index in [1.54, 1.807) is 41.6 Å². The molecule has 2 aliphatic rings. The highest BCUT2D eigenvalue weighted by atomic mass is 35.5. The lowest BCUT2D eigenvalue weighted by Gasteiger charge is -2.22. The summed E-state index contributed by atoms with van der Waals surface area (Å²) in [5.74, 6) is -0.940. The van der Waals surface area contributed by atoms with Crippen molar-refractivity contribution >= 4 is 45.8 Å². The van der Waals surface area contributed by atoms with Crippen molar-refractivity contribution in [3.05, 3.63) is 71.5 Å². The highest BCUT2D eigenvalue weighted by molar-refractivity contribution is 6.30. The minimum atomic E-state index is -1.02. The van der Waals surface area contributed by atoms with E-state index >= 15 is 0 Å². The molecule has 2 N–H and O–H groups in total. The molecule has 0 saturated carbocycles. The summed E-state index contributed by atoms with van der Waals surface area (Å²) in [6.45, 7) is 1.46. The summed E-state index contributed by atoms with van der Waals surface area (Å²) in [5.41, 5.74) is 1.07. The Morgan fingerprint density at radius 3 is 2.58 bits per heavy atom. The Bertz CT molecular complexity index is 1290. The van der Waals surface area contributed by atoms with Crippen LogP contribution in [0.5, 0.6) is 0 Å². The van der Waals surface area contributed by atoms with Crippen molar-refractivity contribution in [1.82, 2.24) is 15.2 Å². The Kier molecular flexibility index (Phi) is 7.16. The fourth-order valence-electron chi connectivity index (χ4n) is 4.80. The highest BCUT2D eigenvalue weighted by Crippen LogP contribution is 2.27. The smallest absolute Gasteiger partial charge is 0.251 e. The van der Waals surface area contributed by atoms with Crippen molar-refractivity contribution in [3.8, 4) is 0 Å². The maximum absolute atomic E-state index is 13.5. The van der Waals surface area contributed by atoms with Crippen LogP contribution in [-0.2, 0) is 19.1 Å². The lowest BCUT2D eigenvalue weighted by molar-refractivity contribution is -0.146. The number of nitrogens with one attached hydrogen (secondary N) is 2. The molecule has 8 nitrogen and oxygen atoms in total. The van der Waals surface area contributed by atoms with Gasteiger partial charge in [0.2, 0.25) is 5.91 Å². The predicted molar refractivity (Wildman–Crippen MR) is 136 cm³/mol. The Morgan fingerprint density at radius 1 is 1.00 bits per heavy atom. The number of carbonyl (C=O) groups excluding carboxylic acids is 3. The largest absolute Gasteiger partial charge is 0.355 e. The topological polar surface area (TPSA) is 101 Å². The molecule has 5 rings (SSSR count). The number of amides is 3. The second kappa shape index (κ2) is 10.6. The number of hydrogen-bond donors (Lipinski definition) is 2. The van der Waals surface area contributed by atoms with Crippen LogP contribution < -0.4 is 10.6 Å². The quantitative estimate of drug-likeness (QED) is 0.529. The number of ether oxygens (including phenoxy) is 1. The first kappa shape index (κ1) is 24.2. The first-order chi connectivity index (χ1) is 17.5. The zero-order chi connectivity index (χ0) is 25.1. The Balaban J connectivity index is 1.33. The molecule has 2 saturated heterocycles. The van der Waals surface area contributed by atoms with Gasteiger partial charge >= 0.3 is 0 Å². The van der Waals surface area contributed by atoms with E-state index in [1.165, 1.54) is 0 Å². The average molecular weight is 507 g/mol. The molecular formula is C27H27ClN4O4. The number of pyridine rings is 1. The van der Waals surface area contributed by atoms with Gasteiger partial charge in [-0.3, -0.25) is 19.4 Å². The van der Waals surface area contributed by atoms with Gasteiger partial charge in [-0.2, -0.15) is 0 Å². The van der Waals surface area contributed by atoms with Gasteiger partial charge in [0.25, 0.3) is 11.8 Å². The van der Waals surface area contributed by atoms with Gasteiger partial charge in [0.15, 0.2) is 0 Å². The van der Waals surface area contributed by atoms with Gasteiger partial charge in [-0.15, -0.1) is 0 Å². The molecule has 3 amide bonds. The van der Waals surface area contributed by atoms with Crippen LogP contribution in [0.2, 0.25) is 5.02 Å². The molecule has 2 aromatic carbocycles. The molecule has 2 fully saturated rings. The standard InChI is InChI=1S/C27H27ClN4O4/c28-19-8-5-7-17(14-19)24(26(34)30-21-16-29-15-18-6-1-2-9-20(18)21)31-25(33)22-10-11-23(36-22)27(35)32-12-3-4-13-32/h1-2,5-9,14-16,22-24H,3-4,10-13H2,(H,30,34)(H,31,33)/t22-,23-,24?/m1/s1. The van der Waals surface area contributed by atoms with Crippen LogP contribution in [0.1, 0.15) is 37.3 Å². The summed E-state index contributed by atoms with van der Waals surface area (Å²) in [5, 5.41) is 7.88. The van der Waals surface area contributed by atoms with Gasteiger partial charge in [0, 0.05) is 35.1 Å². The fourth-order valence-corrected chi connectivity index (χ4v) is 4.99. The zero-order valence-electron chi connectivity index (χ0n) is 19.7. The molecule has 3 heterocycles. The van der Waals surface area contributed by atoms with E-state index in [2.05, 4.69) is 15.6 Å². The van der Waals surface area contributed by atoms with Crippen molar-refractivity contribution in [2.75, 3.05) is 18.4 Å². The zero-order valence-corrected chi connectivity index (χ0v) is 20.4. The highest BCUT2D eigenvalue weighted by Gasteiger charge is 2.38. The lowest BCUT2D eigenvalue weighted by atomic mass is 10.0. The van der Waals surface area contributed by atoms with E-state index in [-0.39, 0.29) is 5.91 Å². The van der Waals surface area contributed by atoms with Crippen LogP contribution in [0.3, 0.4) is 0 Å². The Hall–Kier alpha value is -3.49. The fraction of sp³-hybridized carbons (Fsp3) is 0.333. The molecule has 0 bridgehead atoms. The van der Waals surface area contributed by atoms with Gasteiger partial charge < -0.3 is 20.3 Å². The van der Waals surface area contributed by atoms with E-state index in [9.17, 15) is 14.4 Å². The number of benzene rings is 2. The van der Waals surface area contributed by atoms with E-state index < -0.39 is 30.1 Å². The minimum Gasteiger partial charge on any atom is -0.355 e. The number of rotatable bonds is 6. The van der Waals surface area contributed by atoms with E-state index in [0.29, 0.717) is 29.1 Å². The maximum atomic E-state index is 13.5. The van der Waals surface area contributed by atoms with Crippen LogP contribution in [0, 0.1) is 0 Å². The van der Waals surface area contributed by atoms with Crippen molar-refractivity contribution in [1.29, 1.82) is 0 Å². The van der Waals surface area contributed by atoms with Crippen LogP contribution in [0.25, 0.3) is 10.8 Å². The van der Waals surface area contributed by atoms with Gasteiger partial charge in [-0.1, -0.05) is 48.0 Å². The van der Waals surface area contributed by atoms with E-state index in [4.69, 9.17) is 16.3 Å². The number of fused-ring (bicyclic) bond motifs is 1. The van der Waals surface area contributed by atoms with Crippen LogP contribution in [0.4, 0.5) is 5.69 Å². The third kappa shape index (κ3) is 5.20. The van der Waals surface area contributed by atoms with Crippen LogP contribution >= 0.6 is 11.6 Å². The molecule has 0 radical (unpaired) electrons. The number of likely N-dealkylation sites (tertiary alicyclic amines) is 1. The molecule has 1 aromatic heterocycles. The summed E-state index contributed by atoms with van der Waals surface area (Å²) >= 11 is 6.19. The van der Waals surface area contributed by atoms with E-state index in [1.807, 2.05) is 24.3 Å². The van der Waals surface area contributed by atoms with Crippen molar-refractivity contribution in [3.63, 3.8) is 0 Å². The number of halogens is 1. The van der Waals surface area contributed by atoms with Crippen molar-refractivity contribution in [2.24, 2.45) is 0 Å². The van der Waals surface area contributed by atoms with E-state index in [0.717, 1.165) is 36.7 Å². The number of aromatic nitrogens is 1. The summed E-state index contributed by atoms with van der Waals surface area (Å²) in [6, 6.07) is 13.3. The number of carbonyl (C=O) groups is 3. The Labute approximate surface area is 214 Å². The third-order valence-corrected chi connectivity index (χ3v) is 6.90. The third-order valence-electron chi connectivity index (χ3n) is 6.66. The molecule has 3 atom stereocenters. The summed E-state index contributed by atoms with van der Waals surface area (Å²) < 4.78 is 5.84. The van der Waals surface area contributed by atoms with Crippen molar-refractivity contribution < 1.29 is 19.1 Å². The first-order valence-corrected chi connectivity index (χ1v) is 12.5. The number of hydrogen-bond acceptors (Lipinski definition) is 5. The normalized spacial score (nSPS) is 20.3. The SMILES string of the molecule is O=C(Nc1cncc2ccccc12)C(NC(=O)[C@H]1CC[C@H](C(=O)N2CCCC2)O1)c1cccc(Cl)c1. The maximum Gasteiger partial charge on any atom is 0.251 e. The molecule has 0 aliphatic carbocycles. The Morgan fingerprint density at radius 2 is 1.78 bits per heavy atom. The molecule has 0 spiro atoms. The summed E-state index contributed by atoms with van der Waals surface area (Å²) in [6.07, 6.45) is 4.73. The lowest BCUT2D eigenvalue weighted by Crippen LogP contribution is -2.43. The molecule has 9 heteroatoms. The van der Waals surface area contributed by atoms with Gasteiger partial charge in [-0.05, 0) is 43.4 Å².